The third kappa shape index (κ3) is 3.78. The molecule has 0 atom stereocenters. The molecule has 0 saturated heterocycles. The molecular formula is C14H24N2S. The van der Waals surface area contributed by atoms with Crippen LogP contribution in [0.2, 0.25) is 0 Å². The summed E-state index contributed by atoms with van der Waals surface area (Å²) in [7, 11) is 0. The normalized spacial score (nSPS) is 18.5. The Labute approximate surface area is 109 Å². The zero-order valence-electron chi connectivity index (χ0n) is 11.0. The van der Waals surface area contributed by atoms with Gasteiger partial charge in [0.2, 0.25) is 0 Å². The molecule has 1 fully saturated rings. The number of aromatic nitrogens is 1. The van der Waals surface area contributed by atoms with Crippen molar-refractivity contribution in [3.05, 3.63) is 16.6 Å². The van der Waals surface area contributed by atoms with E-state index < -0.39 is 0 Å². The largest absolute Gasteiger partial charge is 0.306 e. The average molecular weight is 252 g/mol. The van der Waals surface area contributed by atoms with Crippen LogP contribution >= 0.6 is 11.3 Å². The fraction of sp³-hybridized carbons (Fsp3) is 0.786. The molecule has 0 aliphatic heterocycles. The van der Waals surface area contributed by atoms with Crippen LogP contribution in [0.1, 0.15) is 57.4 Å². The number of nitrogens with zero attached hydrogens (tertiary/aromatic N) is 1. The van der Waals surface area contributed by atoms with E-state index in [-0.39, 0.29) is 5.54 Å². The third-order valence-corrected chi connectivity index (χ3v) is 4.91. The van der Waals surface area contributed by atoms with Crippen molar-refractivity contribution in [1.29, 1.82) is 0 Å². The molecular weight excluding hydrogens is 228 g/mol. The highest BCUT2D eigenvalue weighted by molar-refractivity contribution is 7.09. The topological polar surface area (TPSA) is 24.9 Å². The SMILES string of the molecule is CC(C)(NCCC1CCCCC1)c1nccs1. The minimum atomic E-state index is 0.0306. The maximum absolute atomic E-state index is 4.41. The highest BCUT2D eigenvalue weighted by Crippen LogP contribution is 2.27. The van der Waals surface area contributed by atoms with Crippen molar-refractivity contribution in [3.8, 4) is 0 Å². The summed E-state index contributed by atoms with van der Waals surface area (Å²) >= 11 is 1.74. The molecule has 0 amide bonds. The number of nitrogens with one attached hydrogen (secondary N) is 1. The fourth-order valence-electron chi connectivity index (χ4n) is 2.67. The van der Waals surface area contributed by atoms with Gasteiger partial charge in [-0.25, -0.2) is 4.98 Å². The number of rotatable bonds is 5. The fourth-order valence-corrected chi connectivity index (χ4v) is 3.41. The molecule has 0 unspecified atom stereocenters. The van der Waals surface area contributed by atoms with Crippen LogP contribution in [0, 0.1) is 5.92 Å². The van der Waals surface area contributed by atoms with Gasteiger partial charge >= 0.3 is 0 Å². The average Bonchev–Trinajstić information content (AvgIpc) is 2.84. The molecule has 1 aliphatic rings. The molecule has 17 heavy (non-hydrogen) atoms. The molecule has 2 nitrogen and oxygen atoms in total. The Morgan fingerprint density at radius 2 is 2.12 bits per heavy atom. The van der Waals surface area contributed by atoms with Crippen molar-refractivity contribution in [2.75, 3.05) is 6.54 Å². The Balaban J connectivity index is 1.74. The summed E-state index contributed by atoms with van der Waals surface area (Å²) in [6, 6.07) is 0. The van der Waals surface area contributed by atoms with Gasteiger partial charge in [-0.15, -0.1) is 11.3 Å². The van der Waals surface area contributed by atoms with Crippen LogP contribution in [-0.2, 0) is 5.54 Å². The summed E-state index contributed by atoms with van der Waals surface area (Å²) in [5.74, 6) is 0.961. The molecule has 96 valence electrons. The van der Waals surface area contributed by atoms with E-state index >= 15 is 0 Å². The first-order chi connectivity index (χ1) is 8.18. The van der Waals surface area contributed by atoms with Gasteiger partial charge in [0, 0.05) is 11.6 Å². The van der Waals surface area contributed by atoms with Gasteiger partial charge in [0.25, 0.3) is 0 Å². The van der Waals surface area contributed by atoms with Gasteiger partial charge in [-0.3, -0.25) is 0 Å². The molecule has 1 heterocycles. The predicted molar refractivity (Wildman–Crippen MR) is 74.3 cm³/mol. The standard InChI is InChI=1S/C14H24N2S/c1-14(2,13-15-10-11-17-13)16-9-8-12-6-4-3-5-7-12/h10-12,16H,3-9H2,1-2H3. The van der Waals surface area contributed by atoms with Gasteiger partial charge < -0.3 is 5.32 Å². The molecule has 0 radical (unpaired) electrons. The maximum Gasteiger partial charge on any atom is 0.112 e. The minimum Gasteiger partial charge on any atom is -0.306 e. The first kappa shape index (κ1) is 13.0. The van der Waals surface area contributed by atoms with E-state index in [9.17, 15) is 0 Å². The van der Waals surface area contributed by atoms with Crippen LogP contribution in [0.5, 0.6) is 0 Å². The van der Waals surface area contributed by atoms with Gasteiger partial charge in [0.1, 0.15) is 5.01 Å². The van der Waals surface area contributed by atoms with Crippen LogP contribution in [0.3, 0.4) is 0 Å². The van der Waals surface area contributed by atoms with Crippen LogP contribution in [-0.4, -0.2) is 11.5 Å². The number of hydrogen-bond donors (Lipinski definition) is 1. The number of thiazole rings is 1. The second kappa shape index (κ2) is 5.96. The zero-order valence-corrected chi connectivity index (χ0v) is 11.9. The Morgan fingerprint density at radius 1 is 1.35 bits per heavy atom. The van der Waals surface area contributed by atoms with Crippen molar-refractivity contribution in [2.24, 2.45) is 5.92 Å². The van der Waals surface area contributed by atoms with Gasteiger partial charge in [-0.05, 0) is 32.7 Å². The van der Waals surface area contributed by atoms with E-state index in [0.29, 0.717) is 0 Å². The Morgan fingerprint density at radius 3 is 2.76 bits per heavy atom. The van der Waals surface area contributed by atoms with Gasteiger partial charge in [0.05, 0.1) is 5.54 Å². The lowest BCUT2D eigenvalue weighted by Gasteiger charge is -2.27. The Hall–Kier alpha value is -0.410. The monoisotopic (exact) mass is 252 g/mol. The molecule has 0 aromatic carbocycles. The van der Waals surface area contributed by atoms with Crippen molar-refractivity contribution in [1.82, 2.24) is 10.3 Å². The molecule has 0 bridgehead atoms. The van der Waals surface area contributed by atoms with E-state index in [1.165, 1.54) is 43.5 Å². The van der Waals surface area contributed by atoms with Crippen LogP contribution in [0.4, 0.5) is 0 Å². The van der Waals surface area contributed by atoms with E-state index in [4.69, 9.17) is 0 Å². The molecule has 0 spiro atoms. The summed E-state index contributed by atoms with van der Waals surface area (Å²) in [4.78, 5) is 4.41. The molecule has 1 aromatic heterocycles. The van der Waals surface area contributed by atoms with Crippen molar-refractivity contribution < 1.29 is 0 Å². The highest BCUT2D eigenvalue weighted by Gasteiger charge is 2.22. The van der Waals surface area contributed by atoms with E-state index in [0.717, 1.165) is 12.5 Å². The van der Waals surface area contributed by atoms with Crippen molar-refractivity contribution in [3.63, 3.8) is 0 Å². The summed E-state index contributed by atoms with van der Waals surface area (Å²) in [6.07, 6.45) is 10.5. The summed E-state index contributed by atoms with van der Waals surface area (Å²) in [5, 5.41) is 6.91. The van der Waals surface area contributed by atoms with Crippen molar-refractivity contribution >= 4 is 11.3 Å². The summed E-state index contributed by atoms with van der Waals surface area (Å²) in [6.45, 7) is 5.58. The molecule has 1 aliphatic carbocycles. The van der Waals surface area contributed by atoms with Gasteiger partial charge in [-0.2, -0.15) is 0 Å². The number of hydrogen-bond acceptors (Lipinski definition) is 3. The highest BCUT2D eigenvalue weighted by atomic mass is 32.1. The molecule has 2 rings (SSSR count). The lowest BCUT2D eigenvalue weighted by Crippen LogP contribution is -2.37. The zero-order chi connectivity index (χ0) is 12.1. The predicted octanol–water partition coefficient (Wildman–Crippen LogP) is 3.94. The van der Waals surface area contributed by atoms with Crippen LogP contribution < -0.4 is 5.32 Å². The van der Waals surface area contributed by atoms with E-state index in [1.807, 2.05) is 6.20 Å². The van der Waals surface area contributed by atoms with Crippen LogP contribution in [0.15, 0.2) is 11.6 Å². The first-order valence-corrected chi connectivity index (χ1v) is 7.71. The Bertz CT molecular complexity index is 313. The second-order valence-electron chi connectivity index (χ2n) is 5.68. The quantitative estimate of drug-likeness (QED) is 0.858. The molecule has 1 aromatic rings. The summed E-state index contributed by atoms with van der Waals surface area (Å²) in [5.41, 5.74) is 0.0306. The summed E-state index contributed by atoms with van der Waals surface area (Å²) < 4.78 is 0. The Kier molecular flexibility index (Phi) is 4.57. The third-order valence-electron chi connectivity index (χ3n) is 3.81. The molecule has 3 heteroatoms. The van der Waals surface area contributed by atoms with Crippen molar-refractivity contribution in [2.45, 2.75) is 57.9 Å². The lowest BCUT2D eigenvalue weighted by atomic mass is 9.87. The van der Waals surface area contributed by atoms with E-state index in [1.54, 1.807) is 11.3 Å². The molecule has 1 saturated carbocycles. The minimum absolute atomic E-state index is 0.0306. The maximum atomic E-state index is 4.41. The first-order valence-electron chi connectivity index (χ1n) is 6.83. The lowest BCUT2D eigenvalue weighted by molar-refractivity contribution is 0.310. The smallest absolute Gasteiger partial charge is 0.112 e. The van der Waals surface area contributed by atoms with Gasteiger partial charge in [-0.1, -0.05) is 32.1 Å². The van der Waals surface area contributed by atoms with E-state index in [2.05, 4.69) is 29.5 Å². The van der Waals surface area contributed by atoms with Gasteiger partial charge in [0.15, 0.2) is 0 Å². The molecule has 1 N–H and O–H groups in total. The van der Waals surface area contributed by atoms with Crippen LogP contribution in [0.25, 0.3) is 0 Å². The second-order valence-corrected chi connectivity index (χ2v) is 6.58.